The number of ether oxygens (including phenoxy) is 2. The molecule has 5 nitrogen and oxygen atoms in total. The summed E-state index contributed by atoms with van der Waals surface area (Å²) in [4.78, 5) is 17.9. The van der Waals surface area contributed by atoms with Gasteiger partial charge in [-0.2, -0.15) is 0 Å². The van der Waals surface area contributed by atoms with Crippen molar-refractivity contribution in [2.75, 3.05) is 13.2 Å². The van der Waals surface area contributed by atoms with Gasteiger partial charge in [-0.1, -0.05) is 19.1 Å². The largest absolute Gasteiger partial charge is 0.475 e. The Labute approximate surface area is 168 Å². The second-order valence-electron chi connectivity index (χ2n) is 9.07. The van der Waals surface area contributed by atoms with Gasteiger partial charge in [0.15, 0.2) is 0 Å². The molecule has 4 atom stereocenters. The van der Waals surface area contributed by atoms with E-state index in [2.05, 4.69) is 38.2 Å². The number of nitrogens with one attached hydrogen (secondary N) is 1. The zero-order valence-electron chi connectivity index (χ0n) is 17.7. The summed E-state index contributed by atoms with van der Waals surface area (Å²) in [7, 11) is 0. The molecule has 4 rings (SSSR count). The molecule has 0 aromatic heterocycles. The van der Waals surface area contributed by atoms with E-state index in [0.717, 1.165) is 35.4 Å². The summed E-state index contributed by atoms with van der Waals surface area (Å²) < 4.78 is 11.6. The fraction of sp³-hybridized carbons (Fsp3) is 0.652. The molecule has 1 saturated carbocycles. The lowest BCUT2D eigenvalue weighted by atomic mass is 9.71. The fourth-order valence-electron chi connectivity index (χ4n) is 5.31. The van der Waals surface area contributed by atoms with E-state index in [1.165, 1.54) is 6.42 Å². The van der Waals surface area contributed by atoms with Gasteiger partial charge in [0.2, 0.25) is 5.90 Å². The number of carbonyl (C=O) groups is 1. The Hall–Kier alpha value is -2.04. The molecule has 28 heavy (non-hydrogen) atoms. The van der Waals surface area contributed by atoms with Crippen molar-refractivity contribution in [2.24, 2.45) is 28.7 Å². The third-order valence-corrected chi connectivity index (χ3v) is 6.49. The first-order chi connectivity index (χ1) is 13.3. The number of carbonyl (C=O) groups excluding carboxylic acids is 1. The maximum atomic E-state index is 13.0. The number of rotatable bonds is 5. The summed E-state index contributed by atoms with van der Waals surface area (Å²) >= 11 is 0. The zero-order valence-corrected chi connectivity index (χ0v) is 17.7. The molecular weight excluding hydrogens is 352 g/mol. The first kappa shape index (κ1) is 19.3. The van der Waals surface area contributed by atoms with Gasteiger partial charge in [0, 0.05) is 22.9 Å². The van der Waals surface area contributed by atoms with Crippen LogP contribution in [0, 0.1) is 23.7 Å². The summed E-state index contributed by atoms with van der Waals surface area (Å²) in [5.74, 6) is 1.99. The van der Waals surface area contributed by atoms with E-state index in [1.54, 1.807) is 0 Å². The minimum Gasteiger partial charge on any atom is -0.475 e. The summed E-state index contributed by atoms with van der Waals surface area (Å²) in [6.45, 7) is 11.1. The Kier molecular flexibility index (Phi) is 4.88. The van der Waals surface area contributed by atoms with Crippen molar-refractivity contribution in [1.29, 1.82) is 0 Å². The molecule has 0 spiro atoms. The molecule has 1 fully saturated rings. The molecular formula is C23H32N2O3. The number of esters is 1. The van der Waals surface area contributed by atoms with E-state index in [4.69, 9.17) is 14.5 Å². The second-order valence-corrected chi connectivity index (χ2v) is 9.07. The molecule has 1 N–H and O–H groups in total. The summed E-state index contributed by atoms with van der Waals surface area (Å²) in [5, 5.41) is 3.49. The Morgan fingerprint density at radius 3 is 2.64 bits per heavy atom. The van der Waals surface area contributed by atoms with Crippen molar-refractivity contribution in [1.82, 2.24) is 5.32 Å². The Morgan fingerprint density at radius 1 is 1.32 bits per heavy atom. The van der Waals surface area contributed by atoms with Crippen molar-refractivity contribution >= 4 is 11.9 Å². The van der Waals surface area contributed by atoms with Crippen LogP contribution in [0.5, 0.6) is 0 Å². The minimum absolute atomic E-state index is 0.0251. The number of dihydropyridines is 1. The van der Waals surface area contributed by atoms with Crippen LogP contribution in [0.15, 0.2) is 39.7 Å². The molecule has 2 bridgehead atoms. The van der Waals surface area contributed by atoms with Crippen molar-refractivity contribution in [2.45, 2.75) is 59.4 Å². The summed E-state index contributed by atoms with van der Waals surface area (Å²) in [6, 6.07) is 0. The van der Waals surface area contributed by atoms with E-state index >= 15 is 0 Å². The second kappa shape index (κ2) is 7.09. The Morgan fingerprint density at radius 2 is 2.11 bits per heavy atom. The van der Waals surface area contributed by atoms with Crippen LogP contribution >= 0.6 is 0 Å². The molecule has 0 radical (unpaired) electrons. The van der Waals surface area contributed by atoms with Gasteiger partial charge in [-0.15, -0.1) is 0 Å². The smallest absolute Gasteiger partial charge is 0.336 e. The lowest BCUT2D eigenvalue weighted by molar-refractivity contribution is -0.139. The maximum absolute atomic E-state index is 13.0. The quantitative estimate of drug-likeness (QED) is 0.572. The van der Waals surface area contributed by atoms with Crippen LogP contribution in [0.2, 0.25) is 0 Å². The maximum Gasteiger partial charge on any atom is 0.336 e. The molecule has 152 valence electrons. The average molecular weight is 385 g/mol. The Balaban J connectivity index is 1.83. The highest BCUT2D eigenvalue weighted by atomic mass is 16.5. The topological polar surface area (TPSA) is 59.9 Å². The highest BCUT2D eigenvalue weighted by Crippen LogP contribution is 2.52. The van der Waals surface area contributed by atoms with Crippen LogP contribution in [0.25, 0.3) is 0 Å². The average Bonchev–Trinajstić information content (AvgIpc) is 3.36. The number of aliphatic imine (C=N–C) groups is 1. The number of allylic oxidation sites excluding steroid dienone is 4. The molecule has 4 unspecified atom stereocenters. The van der Waals surface area contributed by atoms with E-state index in [-0.39, 0.29) is 17.4 Å². The van der Waals surface area contributed by atoms with Crippen LogP contribution < -0.4 is 5.32 Å². The molecule has 2 aliphatic carbocycles. The third kappa shape index (κ3) is 3.19. The van der Waals surface area contributed by atoms with Gasteiger partial charge in [0.05, 0.1) is 17.7 Å². The first-order valence-electron chi connectivity index (χ1n) is 10.6. The number of nitrogens with zero attached hydrogens (tertiary/aromatic N) is 1. The van der Waals surface area contributed by atoms with Gasteiger partial charge >= 0.3 is 5.97 Å². The lowest BCUT2D eigenvalue weighted by Crippen LogP contribution is -2.38. The highest BCUT2D eigenvalue weighted by molar-refractivity contribution is 6.01. The molecule has 5 heteroatoms. The van der Waals surface area contributed by atoms with Crippen molar-refractivity contribution in [3.05, 3.63) is 34.7 Å². The van der Waals surface area contributed by atoms with Crippen molar-refractivity contribution < 1.29 is 14.3 Å². The van der Waals surface area contributed by atoms with E-state index in [0.29, 0.717) is 36.9 Å². The normalized spacial score (nSPS) is 33.1. The number of fused-ring (bicyclic) bond motifs is 2. The van der Waals surface area contributed by atoms with Crippen LogP contribution in [0.4, 0.5) is 0 Å². The minimum atomic E-state index is -0.236. The molecule has 0 amide bonds. The van der Waals surface area contributed by atoms with Crippen molar-refractivity contribution in [3.63, 3.8) is 0 Å². The predicted molar refractivity (Wildman–Crippen MR) is 110 cm³/mol. The fourth-order valence-corrected chi connectivity index (χ4v) is 5.31. The number of hydrogen-bond acceptors (Lipinski definition) is 5. The van der Waals surface area contributed by atoms with Crippen LogP contribution in [0.3, 0.4) is 0 Å². The van der Waals surface area contributed by atoms with Gasteiger partial charge in [-0.3, -0.25) is 0 Å². The van der Waals surface area contributed by atoms with Gasteiger partial charge in [-0.25, -0.2) is 9.79 Å². The van der Waals surface area contributed by atoms with E-state index in [1.807, 2.05) is 13.8 Å². The molecule has 2 heterocycles. The molecule has 2 aliphatic heterocycles. The predicted octanol–water partition coefficient (Wildman–Crippen LogP) is 4.13. The standard InChI is InChI=1S/C23H32N2O3/c1-6-17-20(21-25-23(4,5)12-28-21)19(16-11-14-8-9-15(16)10-14)18(13(3)24-17)22(26)27-7-2/h8-9,14-16,19,24H,6-7,10-12H2,1-5H3. The van der Waals surface area contributed by atoms with Crippen LogP contribution in [-0.4, -0.2) is 30.6 Å². The summed E-state index contributed by atoms with van der Waals surface area (Å²) in [6.07, 6.45) is 7.85. The summed E-state index contributed by atoms with van der Waals surface area (Å²) in [5.41, 5.74) is 3.64. The number of hydrogen-bond donors (Lipinski definition) is 1. The van der Waals surface area contributed by atoms with E-state index in [9.17, 15) is 4.79 Å². The lowest BCUT2D eigenvalue weighted by Gasteiger charge is -2.37. The third-order valence-electron chi connectivity index (χ3n) is 6.49. The van der Waals surface area contributed by atoms with Crippen LogP contribution in [-0.2, 0) is 14.3 Å². The SMILES string of the molecule is CCOC(=O)C1=C(C)NC(CC)=C(C2=NC(C)(C)CO2)C1C1CC2C=CC1C2. The zero-order chi connectivity index (χ0) is 20.1. The highest BCUT2D eigenvalue weighted by Gasteiger charge is 2.48. The van der Waals surface area contributed by atoms with Crippen molar-refractivity contribution in [3.8, 4) is 0 Å². The van der Waals surface area contributed by atoms with Gasteiger partial charge in [-0.05, 0) is 64.7 Å². The Bertz CT molecular complexity index is 803. The van der Waals surface area contributed by atoms with E-state index < -0.39 is 0 Å². The van der Waals surface area contributed by atoms with Gasteiger partial charge in [0.1, 0.15) is 6.61 Å². The van der Waals surface area contributed by atoms with Crippen LogP contribution in [0.1, 0.15) is 53.9 Å². The monoisotopic (exact) mass is 384 g/mol. The van der Waals surface area contributed by atoms with Gasteiger partial charge < -0.3 is 14.8 Å². The molecule has 4 aliphatic rings. The molecule has 0 aromatic rings. The molecule has 0 aromatic carbocycles. The van der Waals surface area contributed by atoms with Gasteiger partial charge in [0.25, 0.3) is 0 Å². The first-order valence-corrected chi connectivity index (χ1v) is 10.6. The molecule has 0 saturated heterocycles.